The molecule has 0 saturated carbocycles. The molecule has 2 saturated heterocycles. The standard InChI is InChI=1S/C25H35N5O2/c1-2-26-25(30-13-11-29(12-14-30)23-5-3-4-6-24(23)31)27-19-21-7-9-22(10-8-21)20-28-15-17-32-18-16-28/h3-10,31H,2,11-20H2,1H3,(H,26,27). The van der Waals surface area contributed by atoms with Crippen molar-refractivity contribution in [2.24, 2.45) is 4.99 Å². The van der Waals surface area contributed by atoms with Gasteiger partial charge in [0.25, 0.3) is 0 Å². The van der Waals surface area contributed by atoms with Crippen molar-refractivity contribution in [3.05, 3.63) is 59.7 Å². The van der Waals surface area contributed by atoms with Gasteiger partial charge in [0.05, 0.1) is 25.4 Å². The zero-order valence-corrected chi connectivity index (χ0v) is 19.0. The van der Waals surface area contributed by atoms with Gasteiger partial charge >= 0.3 is 0 Å². The van der Waals surface area contributed by atoms with Crippen molar-refractivity contribution in [3.63, 3.8) is 0 Å². The summed E-state index contributed by atoms with van der Waals surface area (Å²) in [6.45, 7) is 11.8. The van der Waals surface area contributed by atoms with E-state index in [0.29, 0.717) is 12.3 Å². The molecule has 2 aromatic rings. The van der Waals surface area contributed by atoms with E-state index in [9.17, 15) is 5.11 Å². The van der Waals surface area contributed by atoms with Crippen LogP contribution >= 0.6 is 0 Å². The van der Waals surface area contributed by atoms with Crippen molar-refractivity contribution >= 4 is 11.6 Å². The van der Waals surface area contributed by atoms with Crippen molar-refractivity contribution < 1.29 is 9.84 Å². The van der Waals surface area contributed by atoms with Crippen molar-refractivity contribution in [1.29, 1.82) is 0 Å². The lowest BCUT2D eigenvalue weighted by atomic mass is 10.1. The molecule has 2 heterocycles. The third kappa shape index (κ3) is 5.93. The van der Waals surface area contributed by atoms with Gasteiger partial charge in [-0.3, -0.25) is 4.90 Å². The van der Waals surface area contributed by atoms with Crippen LogP contribution in [-0.2, 0) is 17.8 Å². The zero-order chi connectivity index (χ0) is 22.2. The fraction of sp³-hybridized carbons (Fsp3) is 0.480. The molecule has 0 bridgehead atoms. The van der Waals surface area contributed by atoms with Gasteiger partial charge in [0.2, 0.25) is 0 Å². The number of nitrogens with one attached hydrogen (secondary N) is 1. The summed E-state index contributed by atoms with van der Waals surface area (Å²) in [6, 6.07) is 16.4. The molecule has 0 spiro atoms. The molecular formula is C25H35N5O2. The van der Waals surface area contributed by atoms with Crippen LogP contribution in [0.15, 0.2) is 53.5 Å². The average Bonchev–Trinajstić information content (AvgIpc) is 2.84. The second-order valence-corrected chi connectivity index (χ2v) is 8.34. The molecule has 2 aliphatic rings. The lowest BCUT2D eigenvalue weighted by molar-refractivity contribution is 0.0342. The summed E-state index contributed by atoms with van der Waals surface area (Å²) in [5.74, 6) is 1.31. The van der Waals surface area contributed by atoms with Crippen molar-refractivity contribution in [2.45, 2.75) is 20.0 Å². The second-order valence-electron chi connectivity index (χ2n) is 8.34. The quantitative estimate of drug-likeness (QED) is 0.535. The Balaban J connectivity index is 1.32. The second kappa shape index (κ2) is 11.2. The van der Waals surface area contributed by atoms with E-state index < -0.39 is 0 Å². The van der Waals surface area contributed by atoms with E-state index >= 15 is 0 Å². The number of aromatic hydroxyl groups is 1. The predicted molar refractivity (Wildman–Crippen MR) is 129 cm³/mol. The minimum absolute atomic E-state index is 0.346. The Bertz CT molecular complexity index is 872. The lowest BCUT2D eigenvalue weighted by Gasteiger charge is -2.37. The van der Waals surface area contributed by atoms with Crippen LogP contribution in [0.4, 0.5) is 5.69 Å². The summed E-state index contributed by atoms with van der Waals surface area (Å²) < 4.78 is 5.43. The number of hydrogen-bond acceptors (Lipinski definition) is 5. The molecular weight excluding hydrogens is 402 g/mol. The Morgan fingerprint density at radius 2 is 1.62 bits per heavy atom. The number of morpholine rings is 1. The minimum Gasteiger partial charge on any atom is -0.506 e. The number of nitrogens with zero attached hydrogens (tertiary/aromatic N) is 4. The van der Waals surface area contributed by atoms with Crippen molar-refractivity contribution in [2.75, 3.05) is 63.9 Å². The van der Waals surface area contributed by atoms with Gasteiger partial charge in [-0.05, 0) is 30.2 Å². The Morgan fingerprint density at radius 1 is 0.938 bits per heavy atom. The third-order valence-electron chi connectivity index (χ3n) is 6.08. The molecule has 2 N–H and O–H groups in total. The molecule has 7 heteroatoms. The Kier molecular flexibility index (Phi) is 7.85. The number of anilines is 1. The summed E-state index contributed by atoms with van der Waals surface area (Å²) in [5, 5.41) is 13.6. The van der Waals surface area contributed by atoms with E-state index in [0.717, 1.165) is 77.2 Å². The van der Waals surface area contributed by atoms with E-state index in [1.807, 2.05) is 18.2 Å². The number of ether oxygens (including phenoxy) is 1. The number of phenolic OH excluding ortho intramolecular Hbond substituents is 1. The minimum atomic E-state index is 0.346. The number of phenols is 1. The fourth-order valence-corrected chi connectivity index (χ4v) is 4.25. The van der Waals surface area contributed by atoms with E-state index in [1.54, 1.807) is 6.07 Å². The summed E-state index contributed by atoms with van der Waals surface area (Å²) in [5.41, 5.74) is 3.47. The number of rotatable bonds is 6. The number of guanidine groups is 1. The van der Waals surface area contributed by atoms with Crippen LogP contribution in [0.5, 0.6) is 5.75 Å². The number of benzene rings is 2. The molecule has 172 valence electrons. The van der Waals surface area contributed by atoms with Gasteiger partial charge in [0.15, 0.2) is 5.96 Å². The van der Waals surface area contributed by atoms with Crippen molar-refractivity contribution in [3.8, 4) is 5.75 Å². The van der Waals surface area contributed by atoms with E-state index in [4.69, 9.17) is 9.73 Å². The SMILES string of the molecule is CCNC(=NCc1ccc(CN2CCOCC2)cc1)N1CCN(c2ccccc2O)CC1. The molecule has 0 unspecified atom stereocenters. The number of aliphatic imine (C=N–C) groups is 1. The molecule has 0 radical (unpaired) electrons. The lowest BCUT2D eigenvalue weighted by Crippen LogP contribution is -2.52. The molecule has 0 aliphatic carbocycles. The number of hydrogen-bond donors (Lipinski definition) is 2. The van der Waals surface area contributed by atoms with Gasteiger partial charge in [-0.1, -0.05) is 36.4 Å². The molecule has 2 aliphatic heterocycles. The van der Waals surface area contributed by atoms with Crippen LogP contribution in [-0.4, -0.2) is 79.9 Å². The van der Waals surface area contributed by atoms with E-state index in [-0.39, 0.29) is 0 Å². The van der Waals surface area contributed by atoms with Gasteiger partial charge in [-0.15, -0.1) is 0 Å². The van der Waals surface area contributed by atoms with E-state index in [1.165, 1.54) is 11.1 Å². The van der Waals surface area contributed by atoms with Gasteiger partial charge in [-0.25, -0.2) is 4.99 Å². The maximum atomic E-state index is 10.1. The number of para-hydroxylation sites is 2. The third-order valence-corrected chi connectivity index (χ3v) is 6.08. The molecule has 2 aromatic carbocycles. The molecule has 0 atom stereocenters. The largest absolute Gasteiger partial charge is 0.506 e. The zero-order valence-electron chi connectivity index (χ0n) is 19.0. The monoisotopic (exact) mass is 437 g/mol. The van der Waals surface area contributed by atoms with Crippen LogP contribution in [0.3, 0.4) is 0 Å². The van der Waals surface area contributed by atoms with Gasteiger partial charge in [0.1, 0.15) is 5.75 Å². The Labute approximate surface area is 191 Å². The van der Waals surface area contributed by atoms with Gasteiger partial charge in [0, 0.05) is 52.4 Å². The highest BCUT2D eigenvalue weighted by atomic mass is 16.5. The highest BCUT2D eigenvalue weighted by Gasteiger charge is 2.21. The average molecular weight is 438 g/mol. The number of piperazine rings is 1. The summed E-state index contributed by atoms with van der Waals surface area (Å²) in [6.07, 6.45) is 0. The van der Waals surface area contributed by atoms with Crippen molar-refractivity contribution in [1.82, 2.24) is 15.1 Å². The molecule has 4 rings (SSSR count). The highest BCUT2D eigenvalue weighted by molar-refractivity contribution is 5.80. The first-order chi connectivity index (χ1) is 15.7. The maximum absolute atomic E-state index is 10.1. The fourth-order valence-electron chi connectivity index (χ4n) is 4.25. The Morgan fingerprint density at radius 3 is 2.31 bits per heavy atom. The van der Waals surface area contributed by atoms with Crippen LogP contribution in [0.25, 0.3) is 0 Å². The first-order valence-corrected chi connectivity index (χ1v) is 11.7. The smallest absolute Gasteiger partial charge is 0.194 e. The Hall–Kier alpha value is -2.77. The maximum Gasteiger partial charge on any atom is 0.194 e. The van der Waals surface area contributed by atoms with E-state index in [2.05, 4.69) is 51.2 Å². The van der Waals surface area contributed by atoms with Crippen LogP contribution in [0.2, 0.25) is 0 Å². The topological polar surface area (TPSA) is 63.6 Å². The molecule has 32 heavy (non-hydrogen) atoms. The van der Waals surface area contributed by atoms with Crippen LogP contribution < -0.4 is 10.2 Å². The molecule has 7 nitrogen and oxygen atoms in total. The van der Waals surface area contributed by atoms with Gasteiger partial charge < -0.3 is 25.0 Å². The van der Waals surface area contributed by atoms with Gasteiger partial charge in [-0.2, -0.15) is 0 Å². The summed E-state index contributed by atoms with van der Waals surface area (Å²) >= 11 is 0. The first-order valence-electron chi connectivity index (χ1n) is 11.7. The van der Waals surface area contributed by atoms with Crippen LogP contribution in [0, 0.1) is 0 Å². The first kappa shape index (κ1) is 22.4. The molecule has 0 aromatic heterocycles. The highest BCUT2D eigenvalue weighted by Crippen LogP contribution is 2.27. The molecule has 0 amide bonds. The normalized spacial score (nSPS) is 18.1. The summed E-state index contributed by atoms with van der Waals surface area (Å²) in [4.78, 5) is 11.9. The van der Waals surface area contributed by atoms with Crippen LogP contribution in [0.1, 0.15) is 18.1 Å². The molecule has 2 fully saturated rings. The predicted octanol–water partition coefficient (Wildman–Crippen LogP) is 2.51. The summed E-state index contributed by atoms with van der Waals surface area (Å²) in [7, 11) is 0.